The minimum atomic E-state index is -0.303. The van der Waals surface area contributed by atoms with Crippen molar-refractivity contribution in [3.8, 4) is 10.4 Å². The molecule has 9 nitrogen and oxygen atoms in total. The largest absolute Gasteiger partial charge is 0.349 e. The highest BCUT2D eigenvalue weighted by Crippen LogP contribution is 2.36. The van der Waals surface area contributed by atoms with Crippen LogP contribution in [-0.4, -0.2) is 56.9 Å². The molecule has 2 saturated carbocycles. The van der Waals surface area contributed by atoms with Gasteiger partial charge in [0.15, 0.2) is 0 Å². The number of aromatic nitrogens is 3. The van der Waals surface area contributed by atoms with Crippen molar-refractivity contribution in [3.05, 3.63) is 45.9 Å². The van der Waals surface area contributed by atoms with Crippen molar-refractivity contribution in [2.24, 2.45) is 0 Å². The summed E-state index contributed by atoms with van der Waals surface area (Å²) >= 11 is 2.67. The van der Waals surface area contributed by atoms with Gasteiger partial charge in [0, 0.05) is 41.2 Å². The molecule has 192 valence electrons. The fraction of sp³-hybridized carbons (Fsp3) is 0.385. The Kier molecular flexibility index (Phi) is 6.33. The molecule has 0 aliphatic heterocycles. The first kappa shape index (κ1) is 23.9. The van der Waals surface area contributed by atoms with E-state index in [0.29, 0.717) is 31.4 Å². The lowest BCUT2D eigenvalue weighted by molar-refractivity contribution is 0.0700. The molecular weight excluding hydrogens is 508 g/mol. The molecule has 2 fully saturated rings. The highest BCUT2D eigenvalue weighted by Gasteiger charge is 2.30. The predicted octanol–water partition coefficient (Wildman–Crippen LogP) is 5.23. The van der Waals surface area contributed by atoms with E-state index in [0.717, 1.165) is 49.0 Å². The molecule has 4 heterocycles. The second-order valence-electron chi connectivity index (χ2n) is 9.79. The Balaban J connectivity index is 1.28. The molecule has 2 aliphatic rings. The van der Waals surface area contributed by atoms with Gasteiger partial charge in [-0.1, -0.05) is 19.3 Å². The van der Waals surface area contributed by atoms with Crippen LogP contribution in [0, 0.1) is 0 Å². The third-order valence-electron chi connectivity index (χ3n) is 7.13. The van der Waals surface area contributed by atoms with Crippen LogP contribution >= 0.6 is 22.7 Å². The van der Waals surface area contributed by atoms with Gasteiger partial charge in [-0.05, 0) is 43.9 Å². The number of hydrogen-bond acceptors (Lipinski definition) is 6. The molecule has 0 atom stereocenters. The summed E-state index contributed by atoms with van der Waals surface area (Å²) in [6.45, 7) is 0. The van der Waals surface area contributed by atoms with Gasteiger partial charge in [0.05, 0.1) is 21.5 Å². The predicted molar refractivity (Wildman–Crippen MR) is 145 cm³/mol. The number of fused-ring (bicyclic) bond motifs is 1. The SMILES string of the molecule is CN(C(=O)c1cc2c(C(=O)NC3CC3)c(NC(=O)c3ccc(-c4cn[nH]c4)s3)[nH]c2s1)C1CCCCC1. The van der Waals surface area contributed by atoms with Gasteiger partial charge >= 0.3 is 0 Å². The van der Waals surface area contributed by atoms with E-state index in [1.54, 1.807) is 24.5 Å². The first-order valence-electron chi connectivity index (χ1n) is 12.6. The van der Waals surface area contributed by atoms with E-state index in [4.69, 9.17) is 0 Å². The molecule has 6 rings (SSSR count). The number of aromatic amines is 2. The molecule has 4 aromatic rings. The summed E-state index contributed by atoms with van der Waals surface area (Å²) in [6.07, 6.45) is 11.0. The Labute approximate surface area is 221 Å². The Bertz CT molecular complexity index is 1460. The molecular formula is C26H28N6O3S2. The molecule has 2 aliphatic carbocycles. The third-order valence-corrected chi connectivity index (χ3v) is 9.31. The van der Waals surface area contributed by atoms with Crippen molar-refractivity contribution in [1.29, 1.82) is 0 Å². The molecule has 0 unspecified atom stereocenters. The Morgan fingerprint density at radius 3 is 2.57 bits per heavy atom. The smallest absolute Gasteiger partial charge is 0.266 e. The normalized spacial score (nSPS) is 16.1. The summed E-state index contributed by atoms with van der Waals surface area (Å²) < 4.78 is 0. The monoisotopic (exact) mass is 536 g/mol. The van der Waals surface area contributed by atoms with Crippen molar-refractivity contribution in [3.63, 3.8) is 0 Å². The maximum absolute atomic E-state index is 13.3. The summed E-state index contributed by atoms with van der Waals surface area (Å²) in [6, 6.07) is 5.84. The number of nitrogens with one attached hydrogen (secondary N) is 4. The Hall–Kier alpha value is -3.44. The number of carbonyl (C=O) groups is 3. The zero-order valence-corrected chi connectivity index (χ0v) is 22.1. The summed E-state index contributed by atoms with van der Waals surface area (Å²) in [4.78, 5) is 47.4. The molecule has 4 N–H and O–H groups in total. The lowest BCUT2D eigenvalue weighted by atomic mass is 9.94. The maximum Gasteiger partial charge on any atom is 0.266 e. The van der Waals surface area contributed by atoms with Gasteiger partial charge in [0.2, 0.25) is 0 Å². The van der Waals surface area contributed by atoms with E-state index in [1.165, 1.54) is 29.1 Å². The summed E-state index contributed by atoms with van der Waals surface area (Å²) in [5, 5.41) is 13.3. The van der Waals surface area contributed by atoms with Crippen molar-refractivity contribution >= 4 is 56.4 Å². The van der Waals surface area contributed by atoms with Gasteiger partial charge in [0.1, 0.15) is 10.6 Å². The van der Waals surface area contributed by atoms with Crippen molar-refractivity contribution < 1.29 is 14.4 Å². The first-order chi connectivity index (χ1) is 18.0. The molecule has 0 saturated heterocycles. The van der Waals surface area contributed by atoms with Crippen LogP contribution in [0.4, 0.5) is 5.82 Å². The second kappa shape index (κ2) is 9.79. The molecule has 0 radical (unpaired) electrons. The van der Waals surface area contributed by atoms with Crippen LogP contribution < -0.4 is 10.6 Å². The van der Waals surface area contributed by atoms with Gasteiger partial charge in [-0.25, -0.2) is 0 Å². The second-order valence-corrected chi connectivity index (χ2v) is 11.9. The highest BCUT2D eigenvalue weighted by atomic mass is 32.1. The summed E-state index contributed by atoms with van der Waals surface area (Å²) in [7, 11) is 1.87. The zero-order valence-electron chi connectivity index (χ0n) is 20.4. The van der Waals surface area contributed by atoms with Crippen molar-refractivity contribution in [2.75, 3.05) is 12.4 Å². The van der Waals surface area contributed by atoms with E-state index in [9.17, 15) is 14.4 Å². The van der Waals surface area contributed by atoms with Gasteiger partial charge < -0.3 is 20.5 Å². The van der Waals surface area contributed by atoms with E-state index in [2.05, 4.69) is 25.8 Å². The molecule has 0 aromatic carbocycles. The molecule has 0 spiro atoms. The van der Waals surface area contributed by atoms with Crippen molar-refractivity contribution in [2.45, 2.75) is 57.0 Å². The van der Waals surface area contributed by atoms with Gasteiger partial charge in [-0.15, -0.1) is 22.7 Å². The quantitative estimate of drug-likeness (QED) is 0.258. The number of hydrogen-bond donors (Lipinski definition) is 4. The minimum Gasteiger partial charge on any atom is -0.349 e. The topological polar surface area (TPSA) is 123 Å². The minimum absolute atomic E-state index is 0.0222. The van der Waals surface area contributed by atoms with Gasteiger partial charge in [-0.3, -0.25) is 19.5 Å². The van der Waals surface area contributed by atoms with Crippen molar-refractivity contribution in [1.82, 2.24) is 25.4 Å². The number of nitrogens with zero attached hydrogens (tertiary/aromatic N) is 2. The Morgan fingerprint density at radius 2 is 1.84 bits per heavy atom. The number of thiophene rings is 2. The fourth-order valence-corrected chi connectivity index (χ4v) is 6.82. The van der Waals surface area contributed by atoms with E-state index >= 15 is 0 Å². The van der Waals surface area contributed by atoms with Crippen LogP contribution in [0.3, 0.4) is 0 Å². The fourth-order valence-electron chi connectivity index (χ4n) is 4.88. The first-order valence-corrected chi connectivity index (χ1v) is 14.2. The summed E-state index contributed by atoms with van der Waals surface area (Å²) in [5.41, 5.74) is 1.28. The Morgan fingerprint density at radius 1 is 1.03 bits per heavy atom. The van der Waals surface area contributed by atoms with Crippen LogP contribution in [0.25, 0.3) is 20.7 Å². The van der Waals surface area contributed by atoms with E-state index in [-0.39, 0.29) is 29.8 Å². The lowest BCUT2D eigenvalue weighted by Gasteiger charge is -2.30. The van der Waals surface area contributed by atoms with Crippen LogP contribution in [-0.2, 0) is 0 Å². The van der Waals surface area contributed by atoms with E-state index in [1.807, 2.05) is 18.0 Å². The highest BCUT2D eigenvalue weighted by molar-refractivity contribution is 7.20. The standard InChI is InChI=1S/C26H28N6O3S2/c1-32(16-5-3-2-4-6-16)26(35)20-11-17-21(24(34)29-15-7-8-15)22(31-25(17)37-20)30-23(33)19-10-9-18(36-19)14-12-27-28-13-14/h9-13,15-16,31H,2-8H2,1H3,(H,27,28)(H,29,34)(H,30,33). The molecule has 37 heavy (non-hydrogen) atoms. The van der Waals surface area contributed by atoms with Gasteiger partial charge in [-0.2, -0.15) is 5.10 Å². The molecule has 4 aromatic heterocycles. The lowest BCUT2D eigenvalue weighted by Crippen LogP contribution is -2.37. The molecule has 0 bridgehead atoms. The number of rotatable bonds is 7. The maximum atomic E-state index is 13.3. The van der Waals surface area contributed by atoms with Crippen LogP contribution in [0.1, 0.15) is 74.6 Å². The molecule has 3 amide bonds. The number of anilines is 1. The van der Waals surface area contributed by atoms with Gasteiger partial charge in [0.25, 0.3) is 17.7 Å². The summed E-state index contributed by atoms with van der Waals surface area (Å²) in [5.74, 6) is -0.220. The number of carbonyl (C=O) groups excluding carboxylic acids is 3. The van der Waals surface area contributed by atoms with Crippen LogP contribution in [0.5, 0.6) is 0 Å². The average molecular weight is 537 g/mol. The van der Waals surface area contributed by atoms with Crippen LogP contribution in [0.2, 0.25) is 0 Å². The third kappa shape index (κ3) is 4.80. The van der Waals surface area contributed by atoms with E-state index < -0.39 is 0 Å². The number of amides is 3. The number of H-pyrrole nitrogens is 2. The molecule has 11 heteroatoms. The zero-order chi connectivity index (χ0) is 25.5. The van der Waals surface area contributed by atoms with Crippen LogP contribution in [0.15, 0.2) is 30.6 Å². The average Bonchev–Trinajstić information content (AvgIpc) is 3.34.